The molecular weight excluding hydrogens is 739 g/mol. The summed E-state index contributed by atoms with van der Waals surface area (Å²) < 4.78 is 47.0. The second-order valence-electron chi connectivity index (χ2n) is 18.6. The zero-order chi connectivity index (χ0) is 39.8. The lowest BCUT2D eigenvalue weighted by Gasteiger charge is -2.58. The van der Waals surface area contributed by atoms with Crippen LogP contribution in [0.15, 0.2) is 11.6 Å². The number of ether oxygens (including phenoxy) is 5. The van der Waals surface area contributed by atoms with Crippen LogP contribution in [0.2, 0.25) is 0 Å². The Balaban J connectivity index is 1.05. The summed E-state index contributed by atoms with van der Waals surface area (Å²) in [5.74, 6) is 2.98. The molecule has 8 N–H and O–H groups in total. The van der Waals surface area contributed by atoms with Crippen LogP contribution in [0.1, 0.15) is 92.4 Å². The summed E-state index contributed by atoms with van der Waals surface area (Å²) in [5.41, 5.74) is 1.52. The molecule has 0 radical (unpaired) electrons. The van der Waals surface area contributed by atoms with Gasteiger partial charge in [-0.3, -0.25) is 4.52 Å². The summed E-state index contributed by atoms with van der Waals surface area (Å²) in [5, 5.41) is 63.0. The van der Waals surface area contributed by atoms with E-state index in [1.54, 1.807) is 0 Å². The maximum Gasteiger partial charge on any atom is 0.469 e. The molecule has 55 heavy (non-hydrogen) atoms. The van der Waals surface area contributed by atoms with Crippen molar-refractivity contribution >= 4 is 7.82 Å². The van der Waals surface area contributed by atoms with E-state index in [9.17, 15) is 45.0 Å². The van der Waals surface area contributed by atoms with E-state index < -0.39 is 75.8 Å². The predicted octanol–water partition coefficient (Wildman–Crippen LogP) is 2.14. The molecule has 0 bridgehead atoms. The van der Waals surface area contributed by atoms with Crippen LogP contribution < -0.4 is 0 Å². The number of rotatable bonds is 11. The van der Waals surface area contributed by atoms with Crippen LogP contribution in [0.25, 0.3) is 0 Å². The number of allylic oxidation sites excluding steroid dienone is 1. The molecule has 7 rings (SSSR count). The summed E-state index contributed by atoms with van der Waals surface area (Å²) in [6.07, 6.45) is -3.77. The van der Waals surface area contributed by atoms with Crippen LogP contribution in [0.5, 0.6) is 0 Å². The van der Waals surface area contributed by atoms with Crippen LogP contribution >= 0.6 is 7.82 Å². The topological polar surface area (TPSA) is 234 Å². The number of phosphoric acid groups is 1. The van der Waals surface area contributed by atoms with E-state index in [1.165, 1.54) is 18.9 Å². The first-order valence-electron chi connectivity index (χ1n) is 20.5. The van der Waals surface area contributed by atoms with E-state index in [0.717, 1.165) is 38.5 Å². The highest BCUT2D eigenvalue weighted by Crippen LogP contribution is 2.69. The zero-order valence-corrected chi connectivity index (χ0v) is 33.6. The van der Waals surface area contributed by atoms with Crippen LogP contribution in [-0.4, -0.2) is 133 Å². The average Bonchev–Trinajstić information content (AvgIpc) is 3.62. The van der Waals surface area contributed by atoms with E-state index in [4.69, 9.17) is 23.7 Å². The van der Waals surface area contributed by atoms with Gasteiger partial charge in [-0.1, -0.05) is 39.3 Å². The second-order valence-corrected chi connectivity index (χ2v) is 19.8. The Hall–Kier alpha value is -0.590. The van der Waals surface area contributed by atoms with Crippen LogP contribution in [0, 0.1) is 46.3 Å². The van der Waals surface area contributed by atoms with E-state index in [2.05, 4.69) is 38.3 Å². The van der Waals surface area contributed by atoms with Gasteiger partial charge in [0.2, 0.25) is 0 Å². The summed E-state index contributed by atoms with van der Waals surface area (Å²) >= 11 is 0. The lowest BCUT2D eigenvalue weighted by atomic mass is 9.47. The van der Waals surface area contributed by atoms with Gasteiger partial charge in [0.25, 0.3) is 0 Å². The average molecular weight is 805 g/mol. The number of fused-ring (bicyclic) bond motifs is 7. The molecule has 316 valence electrons. The Bertz CT molecular complexity index is 1430. The minimum atomic E-state index is -4.94. The first-order chi connectivity index (χ1) is 25.9. The van der Waals surface area contributed by atoms with Gasteiger partial charge in [0, 0.05) is 6.61 Å². The van der Waals surface area contributed by atoms with E-state index in [-0.39, 0.29) is 41.7 Å². The Labute approximate surface area is 323 Å². The smallest absolute Gasteiger partial charge is 0.396 e. The van der Waals surface area contributed by atoms with Crippen molar-refractivity contribution in [3.05, 3.63) is 11.6 Å². The Morgan fingerprint density at radius 1 is 0.891 bits per heavy atom. The third-order valence-electron chi connectivity index (χ3n) is 15.4. The number of aliphatic hydroxyl groups excluding tert-OH is 6. The summed E-state index contributed by atoms with van der Waals surface area (Å²) in [7, 11) is -4.94. The number of phosphoric ester groups is 1. The van der Waals surface area contributed by atoms with Gasteiger partial charge >= 0.3 is 7.82 Å². The van der Waals surface area contributed by atoms with Crippen LogP contribution in [0.3, 0.4) is 0 Å². The van der Waals surface area contributed by atoms with Crippen molar-refractivity contribution in [2.45, 2.75) is 172 Å². The standard InChI is InChI=1S/C39H65O15P/c1-18(16-40)6-9-26-19(2)29-27(52-26)15-25-23-8-7-21-14-22(10-12-38(21,4)24(23)11-13-39(25,29)5)51-37-35(54-36-34(45)32(43)30(41)20(3)50-36)33(44)31(42)28(53-37)17-49-55(46,47)48/h7,18-20,22-37,40-45H,6,8-17H2,1-5H3,(H2,46,47,48)/t18-,19-,20?,22+,23-,24?,25?,26-,27?,28?,29+,30?,31?,32?,33?,34?,35?,36?,37?,38+,39+/m1/s1. The normalized spacial score (nSPS) is 51.8. The highest BCUT2D eigenvalue weighted by Gasteiger charge is 2.65. The number of hydrogen-bond donors (Lipinski definition) is 8. The van der Waals surface area contributed by atoms with Crippen molar-refractivity contribution in [1.29, 1.82) is 0 Å². The molecule has 6 fully saturated rings. The van der Waals surface area contributed by atoms with Crippen molar-refractivity contribution < 1.29 is 73.2 Å². The molecule has 0 spiro atoms. The third-order valence-corrected chi connectivity index (χ3v) is 15.9. The molecule has 0 aromatic rings. The molecule has 21 atom stereocenters. The molecule has 16 heteroatoms. The van der Waals surface area contributed by atoms with Gasteiger partial charge in [0.05, 0.1) is 31.0 Å². The van der Waals surface area contributed by atoms with Gasteiger partial charge in [0.15, 0.2) is 12.6 Å². The van der Waals surface area contributed by atoms with Gasteiger partial charge in [-0.2, -0.15) is 0 Å². The maximum atomic E-state index is 11.5. The van der Waals surface area contributed by atoms with Crippen molar-refractivity contribution in [1.82, 2.24) is 0 Å². The molecule has 3 saturated carbocycles. The summed E-state index contributed by atoms with van der Waals surface area (Å²) in [4.78, 5) is 18.6. The predicted molar refractivity (Wildman–Crippen MR) is 195 cm³/mol. The first kappa shape index (κ1) is 42.5. The lowest BCUT2D eigenvalue weighted by Crippen LogP contribution is -2.64. The van der Waals surface area contributed by atoms with Crippen LogP contribution in [0.4, 0.5) is 0 Å². The zero-order valence-electron chi connectivity index (χ0n) is 32.7. The summed E-state index contributed by atoms with van der Waals surface area (Å²) in [6, 6.07) is 0. The molecule has 0 amide bonds. The Morgan fingerprint density at radius 3 is 2.35 bits per heavy atom. The SMILES string of the molecule is CC1OC(OC2C(O[C@H]3CC[C@@]4(C)C(=CC[C@@H]5C4CC[C@@]4(C)C5CC5O[C@H](CC[C@@H](C)CO)[C@@H](C)[C@@H]54)C3)OC(COP(=O)(O)O)C(O)C2O)C(O)C(O)C1O. The Morgan fingerprint density at radius 2 is 1.64 bits per heavy atom. The quantitative estimate of drug-likeness (QED) is 0.110. The molecule has 7 aliphatic rings. The van der Waals surface area contributed by atoms with E-state index in [1.807, 2.05) is 0 Å². The van der Waals surface area contributed by atoms with Gasteiger partial charge in [0.1, 0.15) is 42.7 Å². The molecule has 0 aromatic heterocycles. The Kier molecular flexibility index (Phi) is 12.5. The molecule has 3 aliphatic heterocycles. The molecule has 15 nitrogen and oxygen atoms in total. The van der Waals surface area contributed by atoms with Gasteiger partial charge < -0.3 is 64.1 Å². The molecule has 13 unspecified atom stereocenters. The fourth-order valence-corrected chi connectivity index (χ4v) is 12.6. The van der Waals surface area contributed by atoms with E-state index in [0.29, 0.717) is 42.4 Å². The highest BCUT2D eigenvalue weighted by atomic mass is 31.2. The molecule has 0 aromatic carbocycles. The molecule has 4 aliphatic carbocycles. The van der Waals surface area contributed by atoms with Gasteiger partial charge in [-0.15, -0.1) is 0 Å². The second kappa shape index (κ2) is 16.1. The maximum absolute atomic E-state index is 11.5. The fourth-order valence-electron chi connectivity index (χ4n) is 12.2. The minimum absolute atomic E-state index is 0.0246. The number of aliphatic hydroxyl groups is 6. The van der Waals surface area contributed by atoms with E-state index >= 15 is 0 Å². The van der Waals surface area contributed by atoms with Crippen molar-refractivity contribution in [3.8, 4) is 0 Å². The molecule has 3 heterocycles. The van der Waals surface area contributed by atoms with Gasteiger partial charge in [-0.25, -0.2) is 4.57 Å². The van der Waals surface area contributed by atoms with Crippen molar-refractivity contribution in [2.75, 3.05) is 13.2 Å². The van der Waals surface area contributed by atoms with Gasteiger partial charge in [-0.05, 0) is 111 Å². The molecule has 3 saturated heterocycles. The summed E-state index contributed by atoms with van der Waals surface area (Å²) in [6.45, 7) is 10.4. The molecular formula is C39H65O15P. The fraction of sp³-hybridized carbons (Fsp3) is 0.949. The highest BCUT2D eigenvalue weighted by molar-refractivity contribution is 7.46. The lowest BCUT2D eigenvalue weighted by molar-refractivity contribution is -0.369. The monoisotopic (exact) mass is 804 g/mol. The van der Waals surface area contributed by atoms with Crippen molar-refractivity contribution in [2.24, 2.45) is 46.3 Å². The largest absolute Gasteiger partial charge is 0.469 e. The van der Waals surface area contributed by atoms with Crippen molar-refractivity contribution in [3.63, 3.8) is 0 Å². The van der Waals surface area contributed by atoms with Crippen LogP contribution in [-0.2, 0) is 32.8 Å². The minimum Gasteiger partial charge on any atom is -0.396 e. The number of hydrogen-bond acceptors (Lipinski definition) is 13. The first-order valence-corrected chi connectivity index (χ1v) is 22.1. The third kappa shape index (κ3) is 7.93.